The Labute approximate surface area is 245 Å². The molecule has 242 valence electrons. The third kappa shape index (κ3) is 32.1. The fourth-order valence-electron chi connectivity index (χ4n) is 4.32. The highest BCUT2D eigenvalue weighted by Crippen LogP contribution is 2.16. The summed E-state index contributed by atoms with van der Waals surface area (Å²) in [7, 11) is 0. The second-order valence-electron chi connectivity index (χ2n) is 10.9. The predicted molar refractivity (Wildman–Crippen MR) is 155 cm³/mol. The van der Waals surface area contributed by atoms with Crippen molar-refractivity contribution in [3.63, 3.8) is 0 Å². The molecule has 0 aliphatic rings. The highest BCUT2D eigenvalue weighted by molar-refractivity contribution is 5.74. The average Bonchev–Trinajstić information content (AvgIpc) is 2.89. The highest BCUT2D eigenvalue weighted by atomic mass is 16.5. The maximum absolute atomic E-state index is 10.5. The van der Waals surface area contributed by atoms with Crippen LogP contribution in [0.5, 0.6) is 0 Å². The molecule has 41 heavy (non-hydrogen) atoms. The minimum absolute atomic E-state index is 0.126. The van der Waals surface area contributed by atoms with Crippen LogP contribution in [-0.4, -0.2) is 71.5 Å². The summed E-state index contributed by atoms with van der Waals surface area (Å²) in [5.41, 5.74) is 0. The normalized spacial score (nSPS) is 11.9. The van der Waals surface area contributed by atoms with Crippen molar-refractivity contribution < 1.29 is 54.9 Å². The van der Waals surface area contributed by atoms with Crippen LogP contribution in [0.2, 0.25) is 0 Å². The number of carboxylic acid groups (broad SMARTS) is 4. The fraction of sp³-hybridized carbons (Fsp3) is 0.867. The molecular formula is C30H56O11. The zero-order valence-corrected chi connectivity index (χ0v) is 24.8. The van der Waals surface area contributed by atoms with Crippen molar-refractivity contribution in [3.05, 3.63) is 0 Å². The van der Waals surface area contributed by atoms with Gasteiger partial charge < -0.3 is 35.7 Å². The molecule has 7 N–H and O–H groups in total. The van der Waals surface area contributed by atoms with Crippen LogP contribution in [0, 0.1) is 0 Å². The molecule has 0 saturated carbocycles. The minimum atomic E-state index is -2.58. The summed E-state index contributed by atoms with van der Waals surface area (Å²) in [4.78, 5) is 41.4. The standard InChI is InChI=1S/C16H30O6.C14H26O5/c17-14(18)12-10-8-6-4-2-1-3-5-7-9-11-13-16(21,22)15(19)20;15-12(14(18)19)10-8-6-4-2-1-3-5-7-9-11-13(16)17/h21-22H,1-13H2,(H,17,18)(H,19,20);12,15H,1-11H2,(H,16,17)(H,18,19). The highest BCUT2D eigenvalue weighted by Gasteiger charge is 2.31. The van der Waals surface area contributed by atoms with Gasteiger partial charge in [0.15, 0.2) is 6.10 Å². The van der Waals surface area contributed by atoms with E-state index in [9.17, 15) is 19.2 Å². The maximum Gasteiger partial charge on any atom is 0.364 e. The molecular weight excluding hydrogens is 536 g/mol. The molecule has 0 rings (SSSR count). The van der Waals surface area contributed by atoms with E-state index in [1.807, 2.05) is 0 Å². The molecule has 0 radical (unpaired) electrons. The Morgan fingerprint density at radius 3 is 1.05 bits per heavy atom. The third-order valence-corrected chi connectivity index (χ3v) is 6.91. The number of aliphatic hydroxyl groups is 3. The predicted octanol–water partition coefficient (Wildman–Crippen LogP) is 5.72. The second-order valence-corrected chi connectivity index (χ2v) is 10.9. The van der Waals surface area contributed by atoms with Crippen molar-refractivity contribution in [3.8, 4) is 0 Å². The molecule has 0 bridgehead atoms. The van der Waals surface area contributed by atoms with Gasteiger partial charge in [-0.15, -0.1) is 0 Å². The summed E-state index contributed by atoms with van der Waals surface area (Å²) in [5.74, 6) is -6.75. The monoisotopic (exact) mass is 592 g/mol. The zero-order chi connectivity index (χ0) is 31.4. The van der Waals surface area contributed by atoms with Gasteiger partial charge in [0.05, 0.1) is 0 Å². The summed E-state index contributed by atoms with van der Waals surface area (Å²) >= 11 is 0. The number of aliphatic carboxylic acids is 4. The van der Waals surface area contributed by atoms with Crippen LogP contribution in [0.25, 0.3) is 0 Å². The van der Waals surface area contributed by atoms with E-state index in [1.165, 1.54) is 6.42 Å². The van der Waals surface area contributed by atoms with Crippen molar-refractivity contribution in [2.24, 2.45) is 0 Å². The van der Waals surface area contributed by atoms with Crippen LogP contribution in [0.3, 0.4) is 0 Å². The Hall–Kier alpha value is -2.24. The number of aliphatic hydroxyl groups excluding tert-OH is 1. The van der Waals surface area contributed by atoms with E-state index < -0.39 is 35.8 Å². The third-order valence-electron chi connectivity index (χ3n) is 6.91. The van der Waals surface area contributed by atoms with Gasteiger partial charge in [-0.25, -0.2) is 9.59 Å². The number of unbranched alkanes of at least 4 members (excludes halogenated alkanes) is 18. The van der Waals surface area contributed by atoms with Gasteiger partial charge in [0.1, 0.15) is 0 Å². The average molecular weight is 593 g/mol. The molecule has 0 aliphatic carbocycles. The second kappa shape index (κ2) is 27.9. The lowest BCUT2D eigenvalue weighted by Gasteiger charge is -2.15. The van der Waals surface area contributed by atoms with Gasteiger partial charge in [-0.1, -0.05) is 109 Å². The van der Waals surface area contributed by atoms with Crippen LogP contribution in [0.15, 0.2) is 0 Å². The van der Waals surface area contributed by atoms with Crippen LogP contribution in [0.1, 0.15) is 154 Å². The number of carbonyl (C=O) groups is 4. The van der Waals surface area contributed by atoms with Crippen LogP contribution >= 0.6 is 0 Å². The maximum atomic E-state index is 10.5. The quantitative estimate of drug-likeness (QED) is 0.0431. The van der Waals surface area contributed by atoms with E-state index in [1.54, 1.807) is 0 Å². The summed E-state index contributed by atoms with van der Waals surface area (Å²) in [6.07, 6.45) is 19.4. The van der Waals surface area contributed by atoms with Gasteiger partial charge >= 0.3 is 23.9 Å². The lowest BCUT2D eigenvalue weighted by molar-refractivity contribution is -0.205. The summed E-state index contributed by atoms with van der Waals surface area (Å²) in [6.45, 7) is 0. The molecule has 11 heteroatoms. The Kier molecular flexibility index (Phi) is 27.8. The lowest BCUT2D eigenvalue weighted by atomic mass is 10.0. The first-order valence-electron chi connectivity index (χ1n) is 15.4. The first-order chi connectivity index (χ1) is 19.4. The van der Waals surface area contributed by atoms with Crippen LogP contribution in [-0.2, 0) is 19.2 Å². The molecule has 11 nitrogen and oxygen atoms in total. The molecule has 0 aromatic heterocycles. The fourth-order valence-corrected chi connectivity index (χ4v) is 4.32. The molecule has 0 saturated heterocycles. The molecule has 1 unspecified atom stereocenters. The van der Waals surface area contributed by atoms with Crippen LogP contribution < -0.4 is 0 Å². The van der Waals surface area contributed by atoms with E-state index >= 15 is 0 Å². The molecule has 0 aliphatic heterocycles. The van der Waals surface area contributed by atoms with Crippen molar-refractivity contribution in [2.75, 3.05) is 0 Å². The van der Waals surface area contributed by atoms with Gasteiger partial charge in [0, 0.05) is 19.3 Å². The summed E-state index contributed by atoms with van der Waals surface area (Å²) in [6, 6.07) is 0. The minimum Gasteiger partial charge on any atom is -0.481 e. The molecule has 0 spiro atoms. The van der Waals surface area contributed by atoms with E-state index in [2.05, 4.69) is 0 Å². The van der Waals surface area contributed by atoms with E-state index in [4.69, 9.17) is 35.7 Å². The zero-order valence-electron chi connectivity index (χ0n) is 24.8. The first kappa shape index (κ1) is 40.9. The van der Waals surface area contributed by atoms with Gasteiger partial charge in [-0.05, 0) is 25.7 Å². The lowest BCUT2D eigenvalue weighted by Crippen LogP contribution is -2.37. The molecule has 0 amide bonds. The topological polar surface area (TPSA) is 210 Å². The first-order valence-corrected chi connectivity index (χ1v) is 15.4. The molecule has 0 heterocycles. The van der Waals surface area contributed by atoms with E-state index in [-0.39, 0.29) is 19.3 Å². The molecule has 0 aromatic rings. The Morgan fingerprint density at radius 1 is 0.463 bits per heavy atom. The van der Waals surface area contributed by atoms with Crippen LogP contribution in [0.4, 0.5) is 0 Å². The van der Waals surface area contributed by atoms with Gasteiger partial charge in [0.2, 0.25) is 0 Å². The number of carboxylic acids is 4. The molecule has 1 atom stereocenters. The Balaban J connectivity index is 0. The molecule has 0 aromatic carbocycles. The van der Waals surface area contributed by atoms with E-state index in [0.717, 1.165) is 116 Å². The number of hydrogen-bond donors (Lipinski definition) is 7. The number of hydrogen-bond acceptors (Lipinski definition) is 7. The largest absolute Gasteiger partial charge is 0.481 e. The van der Waals surface area contributed by atoms with Crippen molar-refractivity contribution in [1.82, 2.24) is 0 Å². The smallest absolute Gasteiger partial charge is 0.364 e. The summed E-state index contributed by atoms with van der Waals surface area (Å²) in [5, 5.41) is 61.2. The Morgan fingerprint density at radius 2 is 0.756 bits per heavy atom. The Bertz CT molecular complexity index is 679. The molecule has 0 fully saturated rings. The van der Waals surface area contributed by atoms with Crippen molar-refractivity contribution in [2.45, 2.75) is 166 Å². The SMILES string of the molecule is O=C(O)CCCCCCCCCCCC(O)C(=O)O.O=C(O)CCCCCCCCCCCCCC(O)(O)C(=O)O. The van der Waals surface area contributed by atoms with Crippen molar-refractivity contribution in [1.29, 1.82) is 0 Å². The summed E-state index contributed by atoms with van der Waals surface area (Å²) < 4.78 is 0. The van der Waals surface area contributed by atoms with Crippen molar-refractivity contribution >= 4 is 23.9 Å². The van der Waals surface area contributed by atoms with Gasteiger partial charge in [0.25, 0.3) is 5.79 Å². The van der Waals surface area contributed by atoms with E-state index in [0.29, 0.717) is 12.8 Å². The van der Waals surface area contributed by atoms with Gasteiger partial charge in [-0.2, -0.15) is 0 Å². The van der Waals surface area contributed by atoms with Gasteiger partial charge in [-0.3, -0.25) is 9.59 Å². The number of rotatable bonds is 28.